The summed E-state index contributed by atoms with van der Waals surface area (Å²) in [6.07, 6.45) is 0.351. The summed E-state index contributed by atoms with van der Waals surface area (Å²) in [5, 5.41) is 14.7. The molecule has 2 aromatic heterocycles. The van der Waals surface area contributed by atoms with Gasteiger partial charge in [-0.1, -0.05) is 13.8 Å². The number of pyridine rings is 2. The first-order valence-electron chi connectivity index (χ1n) is 16.7. The molecule has 1 aromatic carbocycles. The highest BCUT2D eigenvalue weighted by Crippen LogP contribution is 2.41. The molecule has 2 aliphatic heterocycles. The summed E-state index contributed by atoms with van der Waals surface area (Å²) >= 11 is 3.31. The minimum atomic E-state index is -1.94. The van der Waals surface area contributed by atoms with E-state index in [4.69, 9.17) is 15.5 Å². The number of halogens is 1. The minimum Gasteiger partial charge on any atom is -0.458 e. The number of nitrogens with zero attached hydrogens (tertiary/aromatic N) is 2. The lowest BCUT2D eigenvalue weighted by atomic mass is 9.86. The van der Waals surface area contributed by atoms with Crippen molar-refractivity contribution in [3.8, 4) is 11.4 Å². The number of aliphatic hydroxyl groups is 1. The number of Topliss-reactive ketones (excluding diaryl/α,β-unsaturated/α-hetero) is 2. The zero-order valence-electron chi connectivity index (χ0n) is 28.9. The van der Waals surface area contributed by atoms with Crippen LogP contribution in [0.3, 0.4) is 0 Å². The van der Waals surface area contributed by atoms with Crippen molar-refractivity contribution in [2.45, 2.75) is 90.5 Å². The number of ketones is 2. The van der Waals surface area contributed by atoms with Crippen molar-refractivity contribution in [3.05, 3.63) is 62.2 Å². The maximum absolute atomic E-state index is 14.8. The van der Waals surface area contributed by atoms with E-state index < -0.39 is 35.4 Å². The highest BCUT2D eigenvalue weighted by atomic mass is 32.2. The molecule has 5 rings (SSSR count). The van der Waals surface area contributed by atoms with E-state index in [-0.39, 0.29) is 66.6 Å². The van der Waals surface area contributed by atoms with E-state index in [0.29, 0.717) is 34.0 Å². The Morgan fingerprint density at radius 1 is 1.10 bits per heavy atom. The van der Waals surface area contributed by atoms with E-state index >= 15 is 0 Å². The Hall–Kier alpha value is -3.59. The Balaban J connectivity index is 1.24. The number of hydrogen-bond acceptors (Lipinski definition) is 11. The van der Waals surface area contributed by atoms with Crippen molar-refractivity contribution in [1.82, 2.24) is 14.9 Å². The Morgan fingerprint density at radius 3 is 2.52 bits per heavy atom. The lowest BCUT2D eigenvalue weighted by molar-refractivity contribution is -0.172. The standard InChI is InChI=1S/C36H43FN4O7S2/c1-6-36(47)26-13-29-32-23(15-41(29)34(45)24(26)16-48-35(36)46)25(22-11-18(2)27(37)14-28(22)40-32)17-50-10-9-49-8-7-30(42)21(5)39-33(44)19(3)12-31(43)20(4)38/h11,13-14,19-21,47H,6-10,12,15-17,38H2,1-5H3,(H,39,44)/t19-,20+,21+,36+/m1/s1. The molecule has 0 spiro atoms. The number of aromatic nitrogens is 2. The average Bonchev–Trinajstić information content (AvgIpc) is 3.44. The molecule has 0 saturated carbocycles. The third kappa shape index (κ3) is 7.39. The van der Waals surface area contributed by atoms with Crippen LogP contribution in [0.25, 0.3) is 22.3 Å². The molecule has 3 aromatic rings. The largest absolute Gasteiger partial charge is 0.458 e. The van der Waals surface area contributed by atoms with Gasteiger partial charge in [0.25, 0.3) is 5.56 Å². The van der Waals surface area contributed by atoms with Gasteiger partial charge >= 0.3 is 5.97 Å². The Morgan fingerprint density at radius 2 is 1.82 bits per heavy atom. The quantitative estimate of drug-likeness (QED) is 0.120. The number of carbonyl (C=O) groups is 4. The van der Waals surface area contributed by atoms with E-state index in [0.717, 1.165) is 28.0 Å². The lowest BCUT2D eigenvalue weighted by Gasteiger charge is -2.31. The Kier molecular flexibility index (Phi) is 11.6. The van der Waals surface area contributed by atoms with Gasteiger partial charge in [-0.2, -0.15) is 23.5 Å². The highest BCUT2D eigenvalue weighted by molar-refractivity contribution is 8.02. The van der Waals surface area contributed by atoms with E-state index in [2.05, 4.69) is 5.32 Å². The van der Waals surface area contributed by atoms with Crippen molar-refractivity contribution in [3.63, 3.8) is 0 Å². The number of nitrogens with two attached hydrogens (primary N) is 1. The molecule has 0 radical (unpaired) electrons. The van der Waals surface area contributed by atoms with Gasteiger partial charge in [-0.05, 0) is 50.5 Å². The zero-order chi connectivity index (χ0) is 36.5. The molecule has 0 fully saturated rings. The first-order chi connectivity index (χ1) is 23.7. The fraction of sp³-hybridized carbons (Fsp3) is 0.500. The molecule has 1 amide bonds. The van der Waals surface area contributed by atoms with Gasteiger partial charge in [-0.25, -0.2) is 14.2 Å². The second kappa shape index (κ2) is 15.3. The molecule has 4 heterocycles. The maximum atomic E-state index is 14.8. The summed E-state index contributed by atoms with van der Waals surface area (Å²) in [5.41, 5.74) is 7.47. The van der Waals surface area contributed by atoms with Crippen LogP contribution in [0.15, 0.2) is 23.0 Å². The molecule has 0 unspecified atom stereocenters. The van der Waals surface area contributed by atoms with E-state index in [1.54, 1.807) is 74.8 Å². The number of ether oxygens (including phenoxy) is 1. The van der Waals surface area contributed by atoms with Crippen LogP contribution in [0.4, 0.5) is 4.39 Å². The number of rotatable bonds is 15. The molecule has 2 aliphatic rings. The molecule has 0 saturated heterocycles. The van der Waals surface area contributed by atoms with Crippen molar-refractivity contribution in [1.29, 1.82) is 0 Å². The summed E-state index contributed by atoms with van der Waals surface area (Å²) < 4.78 is 21.5. The summed E-state index contributed by atoms with van der Waals surface area (Å²) in [7, 11) is 0. The molecule has 268 valence electrons. The van der Waals surface area contributed by atoms with E-state index in [9.17, 15) is 33.5 Å². The molecule has 4 atom stereocenters. The van der Waals surface area contributed by atoms with Crippen LogP contribution < -0.4 is 16.6 Å². The predicted octanol–water partition coefficient (Wildman–Crippen LogP) is 3.90. The fourth-order valence-corrected chi connectivity index (χ4v) is 8.43. The second-order valence-corrected chi connectivity index (χ2v) is 15.4. The molecule has 0 bridgehead atoms. The van der Waals surface area contributed by atoms with Gasteiger partial charge in [0.05, 0.1) is 41.1 Å². The van der Waals surface area contributed by atoms with Crippen LogP contribution >= 0.6 is 23.5 Å². The number of cyclic esters (lactones) is 1. The maximum Gasteiger partial charge on any atom is 0.343 e. The van der Waals surface area contributed by atoms with Crippen LogP contribution in [0.1, 0.15) is 74.8 Å². The number of aryl methyl sites for hydroxylation is 1. The Labute approximate surface area is 298 Å². The topological polar surface area (TPSA) is 171 Å². The number of esters is 1. The molecular formula is C36H43FN4O7S2. The summed E-state index contributed by atoms with van der Waals surface area (Å²) in [6.45, 7) is 8.23. The van der Waals surface area contributed by atoms with Crippen molar-refractivity contribution < 1.29 is 33.4 Å². The molecule has 0 aliphatic carbocycles. The molecule has 50 heavy (non-hydrogen) atoms. The molecule has 4 N–H and O–H groups in total. The smallest absolute Gasteiger partial charge is 0.343 e. The lowest BCUT2D eigenvalue weighted by Crippen LogP contribution is -2.44. The number of benzene rings is 1. The first-order valence-corrected chi connectivity index (χ1v) is 19.0. The number of carbonyl (C=O) groups excluding carboxylic acids is 4. The third-order valence-electron chi connectivity index (χ3n) is 9.50. The summed E-state index contributed by atoms with van der Waals surface area (Å²) in [5.74, 6) is 0.291. The second-order valence-electron chi connectivity index (χ2n) is 13.1. The SMILES string of the molecule is CC[C@@]1(O)C(=O)OCc2c1cc1n(c2=O)Cc2c-1nc1cc(F)c(C)cc1c2CSCCSCCC(=O)[C@H](C)NC(=O)[C@H](C)CC(=O)[C@H](C)N. The first kappa shape index (κ1) is 37.7. The number of hydrogen-bond donors (Lipinski definition) is 3. The van der Waals surface area contributed by atoms with Crippen LogP contribution in [-0.4, -0.2) is 67.4 Å². The van der Waals surface area contributed by atoms with Crippen LogP contribution in [0.2, 0.25) is 0 Å². The van der Waals surface area contributed by atoms with Crippen LogP contribution in [0, 0.1) is 18.7 Å². The van der Waals surface area contributed by atoms with Gasteiger partial charge in [0.15, 0.2) is 11.4 Å². The summed E-state index contributed by atoms with van der Waals surface area (Å²) in [6, 6.07) is 3.54. The van der Waals surface area contributed by atoms with Crippen molar-refractivity contribution in [2.75, 3.05) is 17.3 Å². The number of fused-ring (bicyclic) bond motifs is 5. The van der Waals surface area contributed by atoms with Gasteiger partial charge in [-0.3, -0.25) is 19.2 Å². The van der Waals surface area contributed by atoms with Gasteiger partial charge in [0, 0.05) is 64.4 Å². The van der Waals surface area contributed by atoms with E-state index in [1.807, 2.05) is 0 Å². The molecular weight excluding hydrogens is 684 g/mol. The number of amides is 1. The van der Waals surface area contributed by atoms with Gasteiger partial charge in [0.2, 0.25) is 5.91 Å². The van der Waals surface area contributed by atoms with Crippen molar-refractivity contribution in [2.24, 2.45) is 11.7 Å². The summed E-state index contributed by atoms with van der Waals surface area (Å²) in [4.78, 5) is 68.0. The van der Waals surface area contributed by atoms with Gasteiger partial charge in [0.1, 0.15) is 18.2 Å². The molecule has 14 heteroatoms. The van der Waals surface area contributed by atoms with E-state index in [1.165, 1.54) is 6.07 Å². The predicted molar refractivity (Wildman–Crippen MR) is 192 cm³/mol. The number of thioether (sulfide) groups is 2. The van der Waals surface area contributed by atoms with Gasteiger partial charge < -0.3 is 25.5 Å². The van der Waals surface area contributed by atoms with Gasteiger partial charge in [-0.15, -0.1) is 0 Å². The highest BCUT2D eigenvalue weighted by Gasteiger charge is 2.45. The fourth-order valence-electron chi connectivity index (χ4n) is 6.26. The van der Waals surface area contributed by atoms with Crippen LogP contribution in [-0.2, 0) is 48.4 Å². The average molecular weight is 727 g/mol. The third-order valence-corrected chi connectivity index (χ3v) is 11.7. The minimum absolute atomic E-state index is 0.0285. The zero-order valence-corrected chi connectivity index (χ0v) is 30.5. The number of nitrogens with one attached hydrogen (secondary N) is 1. The normalized spacial score (nSPS) is 18.1. The monoisotopic (exact) mass is 726 g/mol. The van der Waals surface area contributed by atoms with Crippen LogP contribution in [0.5, 0.6) is 0 Å². The molecule has 11 nitrogen and oxygen atoms in total. The van der Waals surface area contributed by atoms with Crippen molar-refractivity contribution >= 4 is 57.9 Å². The Bertz CT molecular complexity index is 1930.